The SMILES string of the molecule is CC(C)(C)c1ccc(N2C(=O)CS[C@H]2c2ccc(NC(=O)Cc3cccs3)cc2)cc1. The van der Waals surface area contributed by atoms with E-state index in [1.54, 1.807) is 23.1 Å². The van der Waals surface area contributed by atoms with Crippen molar-refractivity contribution in [3.8, 4) is 0 Å². The molecule has 2 heterocycles. The van der Waals surface area contributed by atoms with Crippen LogP contribution in [0.4, 0.5) is 11.4 Å². The molecule has 31 heavy (non-hydrogen) atoms. The van der Waals surface area contributed by atoms with Crippen LogP contribution in [0.5, 0.6) is 0 Å². The van der Waals surface area contributed by atoms with E-state index in [2.05, 4.69) is 38.2 Å². The van der Waals surface area contributed by atoms with Crippen LogP contribution in [-0.2, 0) is 21.4 Å². The molecule has 1 aliphatic rings. The first kappa shape index (κ1) is 21.7. The number of rotatable bonds is 5. The molecule has 1 N–H and O–H groups in total. The molecule has 1 saturated heterocycles. The number of hydrogen-bond donors (Lipinski definition) is 1. The molecule has 0 saturated carbocycles. The van der Waals surface area contributed by atoms with Gasteiger partial charge in [-0.15, -0.1) is 23.1 Å². The highest BCUT2D eigenvalue weighted by molar-refractivity contribution is 8.00. The number of thioether (sulfide) groups is 1. The first-order chi connectivity index (χ1) is 14.8. The van der Waals surface area contributed by atoms with Crippen LogP contribution >= 0.6 is 23.1 Å². The van der Waals surface area contributed by atoms with Crippen molar-refractivity contribution in [1.29, 1.82) is 0 Å². The molecule has 0 aliphatic carbocycles. The van der Waals surface area contributed by atoms with Crippen molar-refractivity contribution >= 4 is 46.3 Å². The lowest BCUT2D eigenvalue weighted by Gasteiger charge is -2.26. The maximum absolute atomic E-state index is 12.7. The van der Waals surface area contributed by atoms with Gasteiger partial charge in [0.05, 0.1) is 12.2 Å². The summed E-state index contributed by atoms with van der Waals surface area (Å²) in [4.78, 5) is 27.8. The third-order valence-electron chi connectivity index (χ3n) is 5.27. The van der Waals surface area contributed by atoms with E-state index in [1.807, 2.05) is 58.8 Å². The van der Waals surface area contributed by atoms with Gasteiger partial charge in [-0.2, -0.15) is 0 Å². The first-order valence-electron chi connectivity index (χ1n) is 10.3. The van der Waals surface area contributed by atoms with Gasteiger partial charge < -0.3 is 5.32 Å². The highest BCUT2D eigenvalue weighted by Gasteiger charge is 2.34. The predicted octanol–water partition coefficient (Wildman–Crippen LogP) is 6.01. The standard InChI is InChI=1S/C25H26N2O2S2/c1-25(2,3)18-8-12-20(13-9-18)27-23(29)16-31-24(27)17-6-10-19(11-7-17)26-22(28)15-21-5-4-14-30-21/h4-14,24H,15-16H2,1-3H3,(H,26,28)/t24-/m0/s1. The van der Waals surface area contributed by atoms with Crippen molar-refractivity contribution in [2.45, 2.75) is 38.0 Å². The molecule has 0 bridgehead atoms. The zero-order valence-corrected chi connectivity index (χ0v) is 19.6. The van der Waals surface area contributed by atoms with Gasteiger partial charge in [-0.05, 0) is 52.3 Å². The summed E-state index contributed by atoms with van der Waals surface area (Å²) < 4.78 is 0. The fourth-order valence-electron chi connectivity index (χ4n) is 3.58. The molecule has 4 nitrogen and oxygen atoms in total. The summed E-state index contributed by atoms with van der Waals surface area (Å²) in [5.41, 5.74) is 4.05. The van der Waals surface area contributed by atoms with Gasteiger partial charge in [0.2, 0.25) is 11.8 Å². The Morgan fingerprint density at radius 2 is 1.77 bits per heavy atom. The Hall–Kier alpha value is -2.57. The lowest BCUT2D eigenvalue weighted by Crippen LogP contribution is -2.28. The highest BCUT2D eigenvalue weighted by atomic mass is 32.2. The molecule has 3 aromatic rings. The Balaban J connectivity index is 1.47. The predicted molar refractivity (Wildman–Crippen MR) is 131 cm³/mol. The van der Waals surface area contributed by atoms with Crippen LogP contribution in [0.15, 0.2) is 66.0 Å². The summed E-state index contributed by atoms with van der Waals surface area (Å²) in [5, 5.41) is 4.86. The van der Waals surface area contributed by atoms with Crippen molar-refractivity contribution < 1.29 is 9.59 Å². The number of thiophene rings is 1. The number of carbonyl (C=O) groups excluding carboxylic acids is 2. The normalized spacial score (nSPS) is 16.5. The summed E-state index contributed by atoms with van der Waals surface area (Å²) in [7, 11) is 0. The van der Waals surface area contributed by atoms with E-state index in [9.17, 15) is 9.59 Å². The summed E-state index contributed by atoms with van der Waals surface area (Å²) in [5.74, 6) is 0.554. The van der Waals surface area contributed by atoms with Crippen LogP contribution < -0.4 is 10.2 Å². The fourth-order valence-corrected chi connectivity index (χ4v) is 5.46. The number of benzene rings is 2. The second-order valence-electron chi connectivity index (χ2n) is 8.65. The molecule has 4 rings (SSSR count). The van der Waals surface area contributed by atoms with Gasteiger partial charge in [0, 0.05) is 16.3 Å². The van der Waals surface area contributed by atoms with Gasteiger partial charge in [0.15, 0.2) is 0 Å². The van der Waals surface area contributed by atoms with E-state index in [0.29, 0.717) is 12.2 Å². The Bertz CT molecular complexity index is 1050. The van der Waals surface area contributed by atoms with Crippen LogP contribution in [0.25, 0.3) is 0 Å². The van der Waals surface area contributed by atoms with Gasteiger partial charge >= 0.3 is 0 Å². The number of nitrogens with one attached hydrogen (secondary N) is 1. The van der Waals surface area contributed by atoms with E-state index in [0.717, 1.165) is 21.8 Å². The molecule has 160 valence electrons. The second-order valence-corrected chi connectivity index (χ2v) is 10.8. The van der Waals surface area contributed by atoms with E-state index in [-0.39, 0.29) is 22.6 Å². The molecule has 2 amide bonds. The van der Waals surface area contributed by atoms with Crippen LogP contribution in [-0.4, -0.2) is 17.6 Å². The largest absolute Gasteiger partial charge is 0.326 e. The molecule has 1 aromatic heterocycles. The van der Waals surface area contributed by atoms with Crippen LogP contribution in [0.2, 0.25) is 0 Å². The maximum Gasteiger partial charge on any atom is 0.238 e. The fraction of sp³-hybridized carbons (Fsp3) is 0.280. The Kier molecular flexibility index (Phi) is 6.21. The topological polar surface area (TPSA) is 49.4 Å². The molecular weight excluding hydrogens is 424 g/mol. The molecule has 2 aromatic carbocycles. The number of hydrogen-bond acceptors (Lipinski definition) is 4. The van der Waals surface area contributed by atoms with Crippen LogP contribution in [0.3, 0.4) is 0 Å². The van der Waals surface area contributed by atoms with Crippen LogP contribution in [0.1, 0.15) is 42.1 Å². The van der Waals surface area contributed by atoms with Crippen LogP contribution in [0, 0.1) is 0 Å². The third kappa shape index (κ3) is 5.02. The minimum Gasteiger partial charge on any atom is -0.326 e. The maximum atomic E-state index is 12.7. The summed E-state index contributed by atoms with van der Waals surface area (Å²) in [6, 6.07) is 20.0. The van der Waals surface area contributed by atoms with Crippen molar-refractivity contribution in [2.24, 2.45) is 0 Å². The molecule has 6 heteroatoms. The van der Waals surface area contributed by atoms with Gasteiger partial charge in [0.1, 0.15) is 5.37 Å². The Morgan fingerprint density at radius 1 is 1.06 bits per heavy atom. The van der Waals surface area contributed by atoms with Crippen molar-refractivity contribution in [3.63, 3.8) is 0 Å². The lowest BCUT2D eigenvalue weighted by molar-refractivity contribution is -0.116. The molecule has 0 spiro atoms. The van der Waals surface area contributed by atoms with E-state index < -0.39 is 0 Å². The van der Waals surface area contributed by atoms with Crippen molar-refractivity contribution in [1.82, 2.24) is 0 Å². The summed E-state index contributed by atoms with van der Waals surface area (Å²) >= 11 is 3.21. The molecule has 0 unspecified atom stereocenters. The molecule has 0 radical (unpaired) electrons. The monoisotopic (exact) mass is 450 g/mol. The number of carbonyl (C=O) groups is 2. The van der Waals surface area contributed by atoms with Gasteiger partial charge in [0.25, 0.3) is 0 Å². The van der Waals surface area contributed by atoms with E-state index >= 15 is 0 Å². The molecule has 1 aliphatic heterocycles. The molecule has 1 atom stereocenters. The number of amides is 2. The number of nitrogens with zero attached hydrogens (tertiary/aromatic N) is 1. The highest BCUT2D eigenvalue weighted by Crippen LogP contribution is 2.42. The minimum atomic E-state index is -0.0659. The minimum absolute atomic E-state index is 0.0267. The van der Waals surface area contributed by atoms with Gasteiger partial charge in [-0.25, -0.2) is 0 Å². The smallest absolute Gasteiger partial charge is 0.238 e. The van der Waals surface area contributed by atoms with Gasteiger partial charge in [-0.1, -0.05) is 51.1 Å². The zero-order chi connectivity index (χ0) is 22.0. The van der Waals surface area contributed by atoms with E-state index in [1.165, 1.54) is 5.56 Å². The Morgan fingerprint density at radius 3 is 2.39 bits per heavy atom. The Labute approximate surface area is 191 Å². The zero-order valence-electron chi connectivity index (χ0n) is 17.9. The second kappa shape index (κ2) is 8.89. The average molecular weight is 451 g/mol. The summed E-state index contributed by atoms with van der Waals surface area (Å²) in [6.07, 6.45) is 0.380. The number of anilines is 2. The lowest BCUT2D eigenvalue weighted by atomic mass is 9.87. The quantitative estimate of drug-likeness (QED) is 0.518. The van der Waals surface area contributed by atoms with Crippen molar-refractivity contribution in [3.05, 3.63) is 82.0 Å². The van der Waals surface area contributed by atoms with Crippen molar-refractivity contribution in [2.75, 3.05) is 16.0 Å². The first-order valence-corrected chi connectivity index (χ1v) is 12.2. The summed E-state index contributed by atoms with van der Waals surface area (Å²) in [6.45, 7) is 6.55. The molecular formula is C25H26N2O2S2. The molecule has 1 fully saturated rings. The van der Waals surface area contributed by atoms with E-state index in [4.69, 9.17) is 0 Å². The average Bonchev–Trinajstić information content (AvgIpc) is 3.37. The third-order valence-corrected chi connectivity index (χ3v) is 7.36. The van der Waals surface area contributed by atoms with Gasteiger partial charge in [-0.3, -0.25) is 14.5 Å².